The van der Waals surface area contributed by atoms with Crippen LogP contribution in [0.25, 0.3) is 10.2 Å². The summed E-state index contributed by atoms with van der Waals surface area (Å²) < 4.78 is 6.87. The molecule has 0 aliphatic heterocycles. The van der Waals surface area contributed by atoms with Crippen LogP contribution in [0.1, 0.15) is 21.5 Å². The van der Waals surface area contributed by atoms with E-state index in [-0.39, 0.29) is 5.91 Å². The summed E-state index contributed by atoms with van der Waals surface area (Å²) in [7, 11) is 0. The fourth-order valence-corrected chi connectivity index (χ4v) is 3.67. The second kappa shape index (κ2) is 7.21. The molecular weight excluding hydrogens is 356 g/mol. The number of aromatic nitrogens is 1. The SMILES string of the molecule is Cc1cc2nc(NC(=O)c3cccc(Oc4ccccc4)c3)sc2cc1C. The molecule has 4 nitrogen and oxygen atoms in total. The van der Waals surface area contributed by atoms with Crippen molar-refractivity contribution >= 4 is 32.6 Å². The van der Waals surface area contributed by atoms with Crippen molar-refractivity contribution in [3.05, 3.63) is 83.4 Å². The van der Waals surface area contributed by atoms with E-state index in [0.717, 1.165) is 16.0 Å². The van der Waals surface area contributed by atoms with Gasteiger partial charge in [0, 0.05) is 5.56 Å². The molecule has 0 spiro atoms. The number of rotatable bonds is 4. The number of ether oxygens (including phenoxy) is 1. The van der Waals surface area contributed by atoms with E-state index in [1.807, 2.05) is 42.5 Å². The number of nitrogens with zero attached hydrogens (tertiary/aromatic N) is 1. The molecule has 1 aromatic heterocycles. The highest BCUT2D eigenvalue weighted by Crippen LogP contribution is 2.29. The van der Waals surface area contributed by atoms with Crippen LogP contribution in [-0.4, -0.2) is 10.9 Å². The predicted molar refractivity (Wildman–Crippen MR) is 110 cm³/mol. The van der Waals surface area contributed by atoms with Crippen LogP contribution in [0.15, 0.2) is 66.7 Å². The number of thiazole rings is 1. The normalized spacial score (nSPS) is 10.7. The second-order valence-electron chi connectivity index (χ2n) is 6.32. The first-order valence-electron chi connectivity index (χ1n) is 8.60. The van der Waals surface area contributed by atoms with Gasteiger partial charge in [-0.05, 0) is 67.4 Å². The zero-order valence-corrected chi connectivity index (χ0v) is 15.8. The summed E-state index contributed by atoms with van der Waals surface area (Å²) in [5.74, 6) is 1.14. The third kappa shape index (κ3) is 3.83. The van der Waals surface area contributed by atoms with Gasteiger partial charge >= 0.3 is 0 Å². The van der Waals surface area contributed by atoms with Crippen LogP contribution >= 0.6 is 11.3 Å². The van der Waals surface area contributed by atoms with Gasteiger partial charge in [-0.15, -0.1) is 0 Å². The average Bonchev–Trinajstić information content (AvgIpc) is 3.04. The minimum Gasteiger partial charge on any atom is -0.457 e. The van der Waals surface area contributed by atoms with E-state index in [1.54, 1.807) is 18.2 Å². The Hall–Kier alpha value is -3.18. The van der Waals surface area contributed by atoms with Crippen molar-refractivity contribution in [2.24, 2.45) is 0 Å². The third-order valence-corrected chi connectivity index (χ3v) is 5.23. The molecule has 0 aliphatic rings. The van der Waals surface area contributed by atoms with E-state index in [1.165, 1.54) is 22.5 Å². The summed E-state index contributed by atoms with van der Waals surface area (Å²) in [4.78, 5) is 17.2. The molecule has 0 saturated carbocycles. The molecule has 4 rings (SSSR count). The molecule has 0 unspecified atom stereocenters. The molecule has 3 aromatic carbocycles. The van der Waals surface area contributed by atoms with Crippen LogP contribution < -0.4 is 10.1 Å². The molecule has 0 bridgehead atoms. The Bertz CT molecular complexity index is 1080. The number of fused-ring (bicyclic) bond motifs is 1. The third-order valence-electron chi connectivity index (χ3n) is 4.30. The first kappa shape index (κ1) is 17.2. The number of nitrogens with one attached hydrogen (secondary N) is 1. The summed E-state index contributed by atoms with van der Waals surface area (Å²) in [5, 5.41) is 3.48. The molecule has 5 heteroatoms. The lowest BCUT2D eigenvalue weighted by Crippen LogP contribution is -2.11. The van der Waals surface area contributed by atoms with E-state index >= 15 is 0 Å². The number of carbonyl (C=O) groups excluding carboxylic acids is 1. The maximum Gasteiger partial charge on any atom is 0.257 e. The molecule has 0 radical (unpaired) electrons. The van der Waals surface area contributed by atoms with Gasteiger partial charge in [0.25, 0.3) is 5.91 Å². The van der Waals surface area contributed by atoms with Gasteiger partial charge < -0.3 is 4.74 Å². The van der Waals surface area contributed by atoms with Crippen LogP contribution in [0.4, 0.5) is 5.13 Å². The molecule has 0 aliphatic carbocycles. The van der Waals surface area contributed by atoms with Crippen molar-refractivity contribution in [2.45, 2.75) is 13.8 Å². The van der Waals surface area contributed by atoms with Gasteiger partial charge in [-0.1, -0.05) is 35.6 Å². The van der Waals surface area contributed by atoms with Gasteiger partial charge in [-0.25, -0.2) is 4.98 Å². The highest BCUT2D eigenvalue weighted by Gasteiger charge is 2.12. The van der Waals surface area contributed by atoms with Crippen LogP contribution in [0, 0.1) is 13.8 Å². The number of aryl methyl sites for hydroxylation is 2. The van der Waals surface area contributed by atoms with E-state index in [9.17, 15) is 4.79 Å². The van der Waals surface area contributed by atoms with Crippen molar-refractivity contribution in [3.8, 4) is 11.5 Å². The Labute approximate surface area is 161 Å². The van der Waals surface area contributed by atoms with Crippen LogP contribution in [-0.2, 0) is 0 Å². The number of para-hydroxylation sites is 1. The molecular formula is C22H18N2O2S. The predicted octanol–water partition coefficient (Wildman–Crippen LogP) is 5.96. The lowest BCUT2D eigenvalue weighted by atomic mass is 10.1. The molecule has 0 fully saturated rings. The molecule has 1 amide bonds. The average molecular weight is 374 g/mol. The van der Waals surface area contributed by atoms with Crippen molar-refractivity contribution < 1.29 is 9.53 Å². The van der Waals surface area contributed by atoms with E-state index in [4.69, 9.17) is 4.74 Å². The maximum atomic E-state index is 12.6. The van der Waals surface area contributed by atoms with Gasteiger partial charge in [-0.2, -0.15) is 0 Å². The molecule has 1 heterocycles. The molecule has 4 aromatic rings. The zero-order valence-electron chi connectivity index (χ0n) is 15.0. The second-order valence-corrected chi connectivity index (χ2v) is 7.35. The number of hydrogen-bond donors (Lipinski definition) is 1. The number of amides is 1. The summed E-state index contributed by atoms with van der Waals surface area (Å²) >= 11 is 1.48. The molecule has 27 heavy (non-hydrogen) atoms. The Morgan fingerprint density at radius 1 is 0.926 bits per heavy atom. The summed E-state index contributed by atoms with van der Waals surface area (Å²) in [6.07, 6.45) is 0. The number of hydrogen-bond acceptors (Lipinski definition) is 4. The largest absolute Gasteiger partial charge is 0.457 e. The Kier molecular flexibility index (Phi) is 4.60. The highest BCUT2D eigenvalue weighted by atomic mass is 32.1. The van der Waals surface area contributed by atoms with E-state index in [2.05, 4.69) is 30.2 Å². The molecule has 1 N–H and O–H groups in total. The fourth-order valence-electron chi connectivity index (χ4n) is 2.73. The van der Waals surface area contributed by atoms with Crippen molar-refractivity contribution in [1.82, 2.24) is 4.98 Å². The van der Waals surface area contributed by atoms with Gasteiger partial charge in [-0.3, -0.25) is 10.1 Å². The van der Waals surface area contributed by atoms with E-state index in [0.29, 0.717) is 16.4 Å². The topological polar surface area (TPSA) is 51.2 Å². The van der Waals surface area contributed by atoms with Gasteiger partial charge in [0.2, 0.25) is 0 Å². The first-order valence-corrected chi connectivity index (χ1v) is 9.42. The minimum atomic E-state index is -0.207. The van der Waals surface area contributed by atoms with Crippen molar-refractivity contribution in [1.29, 1.82) is 0 Å². The van der Waals surface area contributed by atoms with Crippen molar-refractivity contribution in [2.75, 3.05) is 5.32 Å². The summed E-state index contributed by atoms with van der Waals surface area (Å²) in [5.41, 5.74) is 3.83. The summed E-state index contributed by atoms with van der Waals surface area (Å²) in [6.45, 7) is 4.13. The monoisotopic (exact) mass is 374 g/mol. The molecule has 134 valence electrons. The first-order chi connectivity index (χ1) is 13.1. The van der Waals surface area contributed by atoms with Gasteiger partial charge in [0.15, 0.2) is 5.13 Å². The van der Waals surface area contributed by atoms with E-state index < -0.39 is 0 Å². The number of benzene rings is 3. The Morgan fingerprint density at radius 2 is 1.67 bits per heavy atom. The van der Waals surface area contributed by atoms with Crippen LogP contribution in [0.3, 0.4) is 0 Å². The van der Waals surface area contributed by atoms with Crippen LogP contribution in [0.2, 0.25) is 0 Å². The molecule has 0 atom stereocenters. The quantitative estimate of drug-likeness (QED) is 0.480. The maximum absolute atomic E-state index is 12.6. The number of carbonyl (C=O) groups is 1. The lowest BCUT2D eigenvalue weighted by Gasteiger charge is -2.07. The van der Waals surface area contributed by atoms with Gasteiger partial charge in [0.1, 0.15) is 11.5 Å². The lowest BCUT2D eigenvalue weighted by molar-refractivity contribution is 0.102. The molecule has 0 saturated heterocycles. The Morgan fingerprint density at radius 3 is 2.48 bits per heavy atom. The zero-order chi connectivity index (χ0) is 18.8. The fraction of sp³-hybridized carbons (Fsp3) is 0.0909. The van der Waals surface area contributed by atoms with Crippen molar-refractivity contribution in [3.63, 3.8) is 0 Å². The Balaban J connectivity index is 1.54. The minimum absolute atomic E-state index is 0.207. The van der Waals surface area contributed by atoms with Crippen LogP contribution in [0.5, 0.6) is 11.5 Å². The highest BCUT2D eigenvalue weighted by molar-refractivity contribution is 7.22. The smallest absolute Gasteiger partial charge is 0.257 e. The number of anilines is 1. The standard InChI is InChI=1S/C22H18N2O2S/c1-14-11-19-20(12-15(14)2)27-22(23-19)24-21(25)16-7-6-10-18(13-16)26-17-8-4-3-5-9-17/h3-13H,1-2H3,(H,23,24,25). The summed E-state index contributed by atoms with van der Waals surface area (Å²) in [6, 6.07) is 20.7. The van der Waals surface area contributed by atoms with Gasteiger partial charge in [0.05, 0.1) is 10.2 Å².